The van der Waals surface area contributed by atoms with Gasteiger partial charge in [-0.05, 0) is 47.6 Å². The lowest BCUT2D eigenvalue weighted by Gasteiger charge is -2.34. The smallest absolute Gasteiger partial charge is 0.123 e. The molecular weight excluding hydrogens is 368 g/mol. The fourth-order valence-electron chi connectivity index (χ4n) is 5.18. The number of rotatable bonds is 3. The molecule has 1 atom stereocenters. The molecule has 0 spiro atoms. The Kier molecular flexibility index (Phi) is 6.28. The van der Waals surface area contributed by atoms with Gasteiger partial charge in [0.15, 0.2) is 0 Å². The van der Waals surface area contributed by atoms with E-state index in [4.69, 9.17) is 0 Å². The van der Waals surface area contributed by atoms with Crippen molar-refractivity contribution in [2.75, 3.05) is 0 Å². The van der Waals surface area contributed by atoms with Gasteiger partial charge < -0.3 is 10.2 Å². The molecule has 0 radical (unpaired) electrons. The molecule has 2 N–H and O–H groups in total. The summed E-state index contributed by atoms with van der Waals surface area (Å²) < 4.78 is 0. The van der Waals surface area contributed by atoms with Crippen LogP contribution in [0.1, 0.15) is 107 Å². The van der Waals surface area contributed by atoms with Crippen LogP contribution in [-0.4, -0.2) is 10.2 Å². The van der Waals surface area contributed by atoms with Crippen LogP contribution in [0.5, 0.6) is 11.5 Å². The third-order valence-electron chi connectivity index (χ3n) is 6.76. The van der Waals surface area contributed by atoms with Crippen LogP contribution in [0, 0.1) is 12.8 Å². The maximum absolute atomic E-state index is 11.4. The zero-order chi connectivity index (χ0) is 22.3. The van der Waals surface area contributed by atoms with Crippen LogP contribution in [0.25, 0.3) is 0 Å². The molecule has 0 amide bonds. The summed E-state index contributed by atoms with van der Waals surface area (Å²) in [4.78, 5) is 0. The number of hydrogen-bond acceptors (Lipinski definition) is 2. The first-order valence-corrected chi connectivity index (χ1v) is 11.6. The van der Waals surface area contributed by atoms with E-state index in [-0.39, 0.29) is 16.7 Å². The summed E-state index contributed by atoms with van der Waals surface area (Å²) >= 11 is 0. The predicted molar refractivity (Wildman–Crippen MR) is 127 cm³/mol. The molecule has 0 aromatic heterocycles. The minimum atomic E-state index is -0.142. The summed E-state index contributed by atoms with van der Waals surface area (Å²) in [5, 5.41) is 22.8. The van der Waals surface area contributed by atoms with Gasteiger partial charge in [0.1, 0.15) is 11.5 Å². The first-order valence-electron chi connectivity index (χ1n) is 11.6. The number of aromatic hydroxyl groups is 2. The normalized spacial score (nSPS) is 17.2. The number of aryl methyl sites for hydroxylation is 1. The van der Waals surface area contributed by atoms with Crippen LogP contribution in [0.3, 0.4) is 0 Å². The van der Waals surface area contributed by atoms with E-state index in [1.807, 2.05) is 6.07 Å². The molecule has 0 bridgehead atoms. The van der Waals surface area contributed by atoms with E-state index in [0.717, 1.165) is 35.1 Å². The summed E-state index contributed by atoms with van der Waals surface area (Å²) in [6.45, 7) is 15.0. The SMILES string of the molecule is Cc1cc(C(c2cccc(C(C)(C)C)c2O)C2CCCCC2)c(O)c(C(C)(C)C)c1. The molecule has 3 rings (SSSR count). The van der Waals surface area contributed by atoms with Crippen molar-refractivity contribution in [1.29, 1.82) is 0 Å². The van der Waals surface area contributed by atoms with E-state index in [1.165, 1.54) is 24.8 Å². The summed E-state index contributed by atoms with van der Waals surface area (Å²) in [6.07, 6.45) is 6.01. The highest BCUT2D eigenvalue weighted by molar-refractivity contribution is 5.55. The lowest BCUT2D eigenvalue weighted by atomic mass is 9.70. The molecule has 2 heteroatoms. The molecular formula is C28H40O2. The van der Waals surface area contributed by atoms with Gasteiger partial charge in [-0.3, -0.25) is 0 Å². The number of benzene rings is 2. The second kappa shape index (κ2) is 8.29. The van der Waals surface area contributed by atoms with Gasteiger partial charge in [-0.1, -0.05) is 96.7 Å². The largest absolute Gasteiger partial charge is 0.507 e. The molecule has 30 heavy (non-hydrogen) atoms. The number of hydrogen-bond donors (Lipinski definition) is 2. The maximum Gasteiger partial charge on any atom is 0.123 e. The van der Waals surface area contributed by atoms with Crippen LogP contribution in [0.2, 0.25) is 0 Å². The minimum absolute atomic E-state index is 0.00796. The van der Waals surface area contributed by atoms with E-state index in [2.05, 4.69) is 72.7 Å². The van der Waals surface area contributed by atoms with E-state index in [0.29, 0.717) is 17.4 Å². The van der Waals surface area contributed by atoms with Crippen LogP contribution >= 0.6 is 0 Å². The number of phenols is 2. The summed E-state index contributed by atoms with van der Waals surface area (Å²) in [5.74, 6) is 1.25. The zero-order valence-electron chi connectivity index (χ0n) is 20.0. The molecule has 2 aromatic carbocycles. The highest BCUT2D eigenvalue weighted by Gasteiger charge is 2.34. The Morgan fingerprint density at radius 1 is 0.767 bits per heavy atom. The highest BCUT2D eigenvalue weighted by atomic mass is 16.3. The Bertz CT molecular complexity index is 890. The summed E-state index contributed by atoms with van der Waals surface area (Å²) in [6, 6.07) is 10.4. The van der Waals surface area contributed by atoms with Crippen molar-refractivity contribution in [2.24, 2.45) is 5.92 Å². The molecule has 2 aromatic rings. The van der Waals surface area contributed by atoms with Crippen molar-refractivity contribution in [3.63, 3.8) is 0 Å². The van der Waals surface area contributed by atoms with E-state index >= 15 is 0 Å². The Hall–Kier alpha value is -1.96. The van der Waals surface area contributed by atoms with Gasteiger partial charge in [0.05, 0.1) is 0 Å². The Morgan fingerprint density at radius 3 is 1.90 bits per heavy atom. The van der Waals surface area contributed by atoms with Crippen molar-refractivity contribution in [3.05, 3.63) is 58.1 Å². The lowest BCUT2D eigenvalue weighted by Crippen LogP contribution is -2.21. The van der Waals surface area contributed by atoms with E-state index in [9.17, 15) is 10.2 Å². The summed E-state index contributed by atoms with van der Waals surface area (Å²) in [7, 11) is 0. The van der Waals surface area contributed by atoms with Crippen LogP contribution < -0.4 is 0 Å². The first kappa shape index (κ1) is 22.7. The zero-order valence-corrected chi connectivity index (χ0v) is 20.0. The number of para-hydroxylation sites is 1. The van der Waals surface area contributed by atoms with Crippen molar-refractivity contribution < 1.29 is 10.2 Å². The fourth-order valence-corrected chi connectivity index (χ4v) is 5.18. The molecule has 1 aliphatic rings. The van der Waals surface area contributed by atoms with E-state index in [1.54, 1.807) is 0 Å². The molecule has 1 saturated carbocycles. The lowest BCUT2D eigenvalue weighted by molar-refractivity contribution is 0.315. The Morgan fingerprint density at radius 2 is 1.33 bits per heavy atom. The van der Waals surface area contributed by atoms with Crippen molar-refractivity contribution >= 4 is 0 Å². The average molecular weight is 409 g/mol. The van der Waals surface area contributed by atoms with Crippen molar-refractivity contribution in [2.45, 2.75) is 97.3 Å². The van der Waals surface area contributed by atoms with Crippen LogP contribution in [0.15, 0.2) is 30.3 Å². The van der Waals surface area contributed by atoms with Gasteiger partial charge in [-0.2, -0.15) is 0 Å². The quantitative estimate of drug-likeness (QED) is 0.546. The average Bonchev–Trinajstić information content (AvgIpc) is 2.65. The Labute approximate surface area is 183 Å². The second-order valence-corrected chi connectivity index (χ2v) is 11.4. The summed E-state index contributed by atoms with van der Waals surface area (Å²) in [5.41, 5.74) is 4.80. The standard InChI is InChI=1S/C28H40O2/c1-18-16-21(26(30)23(17-18)28(5,6)7)24(19-12-9-8-10-13-19)20-14-11-15-22(25(20)29)27(2,3)4/h11,14-17,19,24,29-30H,8-10,12-13H2,1-7H3. The molecule has 0 aliphatic heterocycles. The highest BCUT2D eigenvalue weighted by Crippen LogP contribution is 2.49. The second-order valence-electron chi connectivity index (χ2n) is 11.4. The van der Waals surface area contributed by atoms with Gasteiger partial charge in [0.2, 0.25) is 0 Å². The molecule has 0 saturated heterocycles. The third-order valence-corrected chi connectivity index (χ3v) is 6.76. The molecule has 1 fully saturated rings. The van der Waals surface area contributed by atoms with Crippen LogP contribution in [0.4, 0.5) is 0 Å². The topological polar surface area (TPSA) is 40.5 Å². The van der Waals surface area contributed by atoms with Crippen molar-refractivity contribution in [3.8, 4) is 11.5 Å². The van der Waals surface area contributed by atoms with Crippen LogP contribution in [-0.2, 0) is 10.8 Å². The number of phenolic OH excluding ortho intramolecular Hbond substituents is 2. The molecule has 1 unspecified atom stereocenters. The molecule has 164 valence electrons. The monoisotopic (exact) mass is 408 g/mol. The fraction of sp³-hybridized carbons (Fsp3) is 0.571. The maximum atomic E-state index is 11.4. The van der Waals surface area contributed by atoms with Gasteiger partial charge in [-0.15, -0.1) is 0 Å². The van der Waals surface area contributed by atoms with Gasteiger partial charge in [-0.25, -0.2) is 0 Å². The minimum Gasteiger partial charge on any atom is -0.507 e. The van der Waals surface area contributed by atoms with Gasteiger partial charge in [0.25, 0.3) is 0 Å². The molecule has 2 nitrogen and oxygen atoms in total. The van der Waals surface area contributed by atoms with E-state index < -0.39 is 0 Å². The molecule has 0 heterocycles. The first-order chi connectivity index (χ1) is 13.9. The predicted octanol–water partition coefficient (Wildman–Crippen LogP) is 7.71. The molecule has 1 aliphatic carbocycles. The van der Waals surface area contributed by atoms with Gasteiger partial charge >= 0.3 is 0 Å². The third kappa shape index (κ3) is 4.53. The van der Waals surface area contributed by atoms with Gasteiger partial charge in [0, 0.05) is 17.0 Å². The Balaban J connectivity index is 2.26. The van der Waals surface area contributed by atoms with Crippen molar-refractivity contribution in [1.82, 2.24) is 0 Å².